The highest BCUT2D eigenvalue weighted by molar-refractivity contribution is 6.02. The number of aromatic carboxylic acids is 1. The fraction of sp³-hybridized carbons (Fsp3) is 0.250. The lowest BCUT2D eigenvalue weighted by Gasteiger charge is -2.03. The van der Waals surface area contributed by atoms with Crippen LogP contribution in [0.2, 0.25) is 0 Å². The maximum Gasteiger partial charge on any atom is 0.337 e. The average Bonchev–Trinajstić information content (AvgIpc) is 2.60. The first-order valence-corrected chi connectivity index (χ1v) is 5.17. The van der Waals surface area contributed by atoms with Gasteiger partial charge in [0.1, 0.15) is 0 Å². The summed E-state index contributed by atoms with van der Waals surface area (Å²) in [6, 6.07) is 5.32. The van der Waals surface area contributed by atoms with Gasteiger partial charge in [0.25, 0.3) is 0 Å². The molecule has 0 aliphatic carbocycles. The molecule has 0 saturated carbocycles. The van der Waals surface area contributed by atoms with Crippen molar-refractivity contribution in [1.29, 1.82) is 0 Å². The molecule has 0 fully saturated rings. The minimum Gasteiger partial charge on any atom is -0.478 e. The lowest BCUT2D eigenvalue weighted by molar-refractivity contribution is 0.0699. The summed E-state index contributed by atoms with van der Waals surface area (Å²) in [5.74, 6) is -0.917. The number of nitrogens with two attached hydrogens (primary N) is 1. The number of aromatic nitrogens is 1. The zero-order valence-corrected chi connectivity index (χ0v) is 9.03. The average molecular weight is 218 g/mol. The molecule has 1 aromatic heterocycles. The normalized spacial score (nSPS) is 12.9. The van der Waals surface area contributed by atoms with Crippen molar-refractivity contribution >= 4 is 16.9 Å². The number of carbonyl (C=O) groups is 1. The number of hydrogen-bond donors (Lipinski definition) is 3. The van der Waals surface area contributed by atoms with Crippen molar-refractivity contribution in [2.24, 2.45) is 5.73 Å². The summed E-state index contributed by atoms with van der Waals surface area (Å²) < 4.78 is 0. The number of nitrogens with one attached hydrogen (secondary N) is 1. The smallest absolute Gasteiger partial charge is 0.337 e. The summed E-state index contributed by atoms with van der Waals surface area (Å²) in [4.78, 5) is 14.0. The molecule has 2 aromatic rings. The highest BCUT2D eigenvalue weighted by Crippen LogP contribution is 2.22. The fourth-order valence-electron chi connectivity index (χ4n) is 1.91. The van der Waals surface area contributed by atoms with Gasteiger partial charge in [-0.3, -0.25) is 0 Å². The van der Waals surface area contributed by atoms with Crippen LogP contribution in [0.5, 0.6) is 0 Å². The Balaban J connectivity index is 2.57. The molecule has 0 saturated heterocycles. The molecular formula is C12H14N2O2. The van der Waals surface area contributed by atoms with Gasteiger partial charge in [-0.05, 0) is 25.0 Å². The number of aromatic amines is 1. The summed E-state index contributed by atoms with van der Waals surface area (Å²) in [7, 11) is 0. The first kappa shape index (κ1) is 10.7. The second-order valence-corrected chi connectivity index (χ2v) is 4.03. The van der Waals surface area contributed by atoms with Crippen LogP contribution in [0.4, 0.5) is 0 Å². The van der Waals surface area contributed by atoms with Crippen molar-refractivity contribution in [3.63, 3.8) is 0 Å². The Kier molecular flexibility index (Phi) is 2.66. The van der Waals surface area contributed by atoms with E-state index >= 15 is 0 Å². The molecule has 1 aromatic carbocycles. The van der Waals surface area contributed by atoms with Crippen molar-refractivity contribution < 1.29 is 9.90 Å². The van der Waals surface area contributed by atoms with Gasteiger partial charge >= 0.3 is 5.97 Å². The maximum atomic E-state index is 11.0. The van der Waals surface area contributed by atoms with E-state index < -0.39 is 5.97 Å². The van der Waals surface area contributed by atoms with Crippen LogP contribution in [0.15, 0.2) is 24.4 Å². The number of rotatable bonds is 3. The van der Waals surface area contributed by atoms with Gasteiger partial charge in [-0.2, -0.15) is 0 Å². The maximum absolute atomic E-state index is 11.0. The van der Waals surface area contributed by atoms with Crippen molar-refractivity contribution in [1.82, 2.24) is 4.98 Å². The summed E-state index contributed by atoms with van der Waals surface area (Å²) >= 11 is 0. The summed E-state index contributed by atoms with van der Waals surface area (Å²) in [5.41, 5.74) is 7.78. The van der Waals surface area contributed by atoms with Gasteiger partial charge in [0.15, 0.2) is 0 Å². The second kappa shape index (κ2) is 3.98. The molecule has 0 spiro atoms. The van der Waals surface area contributed by atoms with Gasteiger partial charge in [-0.25, -0.2) is 4.79 Å². The van der Waals surface area contributed by atoms with Gasteiger partial charge in [-0.15, -0.1) is 0 Å². The molecule has 1 heterocycles. The Bertz CT molecular complexity index is 529. The van der Waals surface area contributed by atoms with E-state index in [0.29, 0.717) is 11.1 Å². The number of benzene rings is 1. The second-order valence-electron chi connectivity index (χ2n) is 4.03. The molecule has 1 atom stereocenters. The highest BCUT2D eigenvalue weighted by atomic mass is 16.4. The Morgan fingerprint density at radius 1 is 1.56 bits per heavy atom. The minimum absolute atomic E-state index is 0.0625. The monoisotopic (exact) mass is 218 g/mol. The molecule has 1 unspecified atom stereocenters. The highest BCUT2D eigenvalue weighted by Gasteiger charge is 2.12. The first-order chi connectivity index (χ1) is 7.59. The lowest BCUT2D eigenvalue weighted by Crippen LogP contribution is -2.17. The minimum atomic E-state index is -0.917. The van der Waals surface area contributed by atoms with Gasteiger partial charge in [0, 0.05) is 17.6 Å². The molecule has 4 nitrogen and oxygen atoms in total. The third-order valence-electron chi connectivity index (χ3n) is 2.57. The molecule has 4 N–H and O–H groups in total. The fourth-order valence-corrected chi connectivity index (χ4v) is 1.91. The van der Waals surface area contributed by atoms with Gasteiger partial charge in [0.05, 0.1) is 11.1 Å². The van der Waals surface area contributed by atoms with Crippen LogP contribution >= 0.6 is 0 Å². The Morgan fingerprint density at radius 3 is 2.94 bits per heavy atom. The SMILES string of the molecule is CC(N)Cc1c[nH]c2c(C(=O)O)cccc12. The largest absolute Gasteiger partial charge is 0.478 e. The van der Waals surface area contributed by atoms with Gasteiger partial charge in [0.2, 0.25) is 0 Å². The van der Waals surface area contributed by atoms with Crippen LogP contribution < -0.4 is 5.73 Å². The molecule has 0 aliphatic heterocycles. The zero-order chi connectivity index (χ0) is 11.7. The molecule has 4 heteroatoms. The molecule has 2 rings (SSSR count). The van der Waals surface area contributed by atoms with E-state index in [0.717, 1.165) is 17.4 Å². The van der Waals surface area contributed by atoms with E-state index in [9.17, 15) is 4.79 Å². The van der Waals surface area contributed by atoms with Crippen LogP contribution in [0.1, 0.15) is 22.8 Å². The molecule has 0 aliphatic rings. The van der Waals surface area contributed by atoms with E-state index in [4.69, 9.17) is 10.8 Å². The number of para-hydroxylation sites is 1. The molecule has 84 valence electrons. The van der Waals surface area contributed by atoms with E-state index in [1.54, 1.807) is 12.1 Å². The molecule has 0 bridgehead atoms. The van der Waals surface area contributed by atoms with E-state index in [1.807, 2.05) is 19.2 Å². The first-order valence-electron chi connectivity index (χ1n) is 5.17. The predicted octanol–water partition coefficient (Wildman–Crippen LogP) is 1.76. The molecule has 0 radical (unpaired) electrons. The van der Waals surface area contributed by atoms with Crippen molar-refractivity contribution in [2.75, 3.05) is 0 Å². The lowest BCUT2D eigenvalue weighted by atomic mass is 10.0. The van der Waals surface area contributed by atoms with Crippen LogP contribution in [-0.2, 0) is 6.42 Å². The number of hydrogen-bond acceptors (Lipinski definition) is 2. The number of fused-ring (bicyclic) bond motifs is 1. The number of carboxylic acids is 1. The Labute approximate surface area is 93.1 Å². The zero-order valence-electron chi connectivity index (χ0n) is 9.03. The van der Waals surface area contributed by atoms with Crippen LogP contribution in [0.25, 0.3) is 10.9 Å². The number of H-pyrrole nitrogens is 1. The molecular weight excluding hydrogens is 204 g/mol. The topological polar surface area (TPSA) is 79.1 Å². The summed E-state index contributed by atoms with van der Waals surface area (Å²) in [6.45, 7) is 1.93. The van der Waals surface area contributed by atoms with E-state index in [-0.39, 0.29) is 6.04 Å². The standard InChI is InChI=1S/C12H14N2O2/c1-7(13)5-8-6-14-11-9(8)3-2-4-10(11)12(15)16/h2-4,6-7,14H,5,13H2,1H3,(H,15,16). The molecule has 0 amide bonds. The van der Waals surface area contributed by atoms with Gasteiger partial charge in [-0.1, -0.05) is 12.1 Å². The summed E-state index contributed by atoms with van der Waals surface area (Å²) in [6.07, 6.45) is 2.57. The quantitative estimate of drug-likeness (QED) is 0.734. The Hall–Kier alpha value is -1.81. The van der Waals surface area contributed by atoms with Crippen molar-refractivity contribution in [3.05, 3.63) is 35.5 Å². The third kappa shape index (κ3) is 1.79. The van der Waals surface area contributed by atoms with Gasteiger partial charge < -0.3 is 15.8 Å². The molecule has 16 heavy (non-hydrogen) atoms. The van der Waals surface area contributed by atoms with E-state index in [1.165, 1.54) is 0 Å². The van der Waals surface area contributed by atoms with Crippen molar-refractivity contribution in [3.8, 4) is 0 Å². The van der Waals surface area contributed by atoms with Crippen LogP contribution in [-0.4, -0.2) is 22.1 Å². The predicted molar refractivity (Wildman–Crippen MR) is 62.6 cm³/mol. The van der Waals surface area contributed by atoms with Crippen LogP contribution in [0, 0.1) is 0 Å². The van der Waals surface area contributed by atoms with Crippen molar-refractivity contribution in [2.45, 2.75) is 19.4 Å². The Morgan fingerprint density at radius 2 is 2.31 bits per heavy atom. The number of carboxylic acid groups (broad SMARTS) is 1. The third-order valence-corrected chi connectivity index (χ3v) is 2.57. The summed E-state index contributed by atoms with van der Waals surface area (Å²) in [5, 5.41) is 9.97. The van der Waals surface area contributed by atoms with Crippen LogP contribution in [0.3, 0.4) is 0 Å². The van der Waals surface area contributed by atoms with E-state index in [2.05, 4.69) is 4.98 Å².